The van der Waals surface area contributed by atoms with Crippen molar-refractivity contribution in [1.82, 2.24) is 10.4 Å². The maximum absolute atomic E-state index is 12.0. The predicted molar refractivity (Wildman–Crippen MR) is 113 cm³/mol. The molecule has 0 fully saturated rings. The maximum Gasteiger partial charge on any atom is 0.336 e. The summed E-state index contributed by atoms with van der Waals surface area (Å²) < 4.78 is 10.4. The van der Waals surface area contributed by atoms with Crippen molar-refractivity contribution in [3.63, 3.8) is 0 Å². The molecule has 1 aromatic heterocycles. The Morgan fingerprint density at radius 1 is 0.967 bits per heavy atom. The van der Waals surface area contributed by atoms with E-state index in [2.05, 4.69) is 15.5 Å². The van der Waals surface area contributed by atoms with E-state index in [9.17, 15) is 9.59 Å². The third-order valence-corrected chi connectivity index (χ3v) is 3.93. The SMILES string of the molecule is COc1ccc(/C=C/C(=O)Oc2ccc(/C=N\NC(=O)c3cccnc3)cc2)cc1. The van der Waals surface area contributed by atoms with Gasteiger partial charge in [0, 0.05) is 18.5 Å². The molecule has 0 atom stereocenters. The van der Waals surface area contributed by atoms with Crippen molar-refractivity contribution in [2.24, 2.45) is 5.10 Å². The number of pyridine rings is 1. The molecule has 0 unspecified atom stereocenters. The number of hydrogen-bond donors (Lipinski definition) is 1. The van der Waals surface area contributed by atoms with Crippen LogP contribution in [-0.2, 0) is 4.79 Å². The molecule has 0 radical (unpaired) electrons. The number of esters is 1. The first kappa shape index (κ1) is 20.5. The molecule has 0 aliphatic heterocycles. The Hall–Kier alpha value is -4.26. The van der Waals surface area contributed by atoms with Crippen molar-refractivity contribution in [1.29, 1.82) is 0 Å². The number of rotatable bonds is 7. The molecule has 7 nitrogen and oxygen atoms in total. The van der Waals surface area contributed by atoms with Gasteiger partial charge in [-0.3, -0.25) is 9.78 Å². The Morgan fingerprint density at radius 3 is 2.33 bits per heavy atom. The van der Waals surface area contributed by atoms with E-state index in [0.717, 1.165) is 16.9 Å². The summed E-state index contributed by atoms with van der Waals surface area (Å²) in [6.45, 7) is 0. The molecular weight excluding hydrogens is 382 g/mol. The zero-order valence-corrected chi connectivity index (χ0v) is 16.2. The van der Waals surface area contributed by atoms with Gasteiger partial charge in [-0.1, -0.05) is 12.1 Å². The van der Waals surface area contributed by atoms with E-state index in [1.165, 1.54) is 18.5 Å². The second kappa shape index (κ2) is 10.3. The predicted octanol–water partition coefficient (Wildman–Crippen LogP) is 3.47. The molecule has 1 N–H and O–H groups in total. The first-order valence-electron chi connectivity index (χ1n) is 9.01. The minimum absolute atomic E-state index is 0.353. The number of carbonyl (C=O) groups is 2. The minimum atomic E-state index is -0.490. The van der Waals surface area contributed by atoms with E-state index in [4.69, 9.17) is 9.47 Å². The molecule has 150 valence electrons. The molecule has 0 saturated carbocycles. The van der Waals surface area contributed by atoms with Crippen LogP contribution < -0.4 is 14.9 Å². The van der Waals surface area contributed by atoms with Gasteiger partial charge in [-0.25, -0.2) is 10.2 Å². The molecule has 0 saturated heterocycles. The van der Waals surface area contributed by atoms with E-state index in [1.807, 2.05) is 24.3 Å². The fourth-order valence-corrected chi connectivity index (χ4v) is 2.38. The zero-order chi connectivity index (χ0) is 21.2. The van der Waals surface area contributed by atoms with E-state index >= 15 is 0 Å². The van der Waals surface area contributed by atoms with Crippen LogP contribution in [0.15, 0.2) is 84.2 Å². The highest BCUT2D eigenvalue weighted by molar-refractivity contribution is 5.94. The smallest absolute Gasteiger partial charge is 0.336 e. The third-order valence-electron chi connectivity index (χ3n) is 3.93. The molecule has 0 aliphatic carbocycles. The number of carbonyl (C=O) groups excluding carboxylic acids is 2. The summed E-state index contributed by atoms with van der Waals surface area (Å²) in [5, 5.41) is 3.90. The fourth-order valence-electron chi connectivity index (χ4n) is 2.38. The Morgan fingerprint density at radius 2 is 1.67 bits per heavy atom. The van der Waals surface area contributed by atoms with Gasteiger partial charge in [-0.2, -0.15) is 5.10 Å². The Labute approximate surface area is 173 Å². The van der Waals surface area contributed by atoms with E-state index in [1.54, 1.807) is 55.8 Å². The summed E-state index contributed by atoms with van der Waals surface area (Å²) in [7, 11) is 1.60. The molecule has 0 spiro atoms. The molecule has 3 aromatic rings. The molecule has 0 bridgehead atoms. The number of nitrogens with zero attached hydrogens (tertiary/aromatic N) is 2. The van der Waals surface area contributed by atoms with Gasteiger partial charge in [0.15, 0.2) is 0 Å². The second-order valence-electron chi connectivity index (χ2n) is 6.04. The Bertz CT molecular complexity index is 1040. The number of benzene rings is 2. The van der Waals surface area contributed by atoms with Crippen molar-refractivity contribution in [2.75, 3.05) is 7.11 Å². The highest BCUT2D eigenvalue weighted by atomic mass is 16.5. The molecule has 1 heterocycles. The Balaban J connectivity index is 1.50. The minimum Gasteiger partial charge on any atom is -0.497 e. The van der Waals surface area contributed by atoms with E-state index < -0.39 is 5.97 Å². The molecular formula is C23H19N3O4. The number of aromatic nitrogens is 1. The highest BCUT2D eigenvalue weighted by Gasteiger charge is 2.03. The van der Waals surface area contributed by atoms with Gasteiger partial charge in [-0.15, -0.1) is 0 Å². The van der Waals surface area contributed by atoms with E-state index in [-0.39, 0.29) is 5.91 Å². The van der Waals surface area contributed by atoms with Crippen LogP contribution in [0.3, 0.4) is 0 Å². The van der Waals surface area contributed by atoms with Gasteiger partial charge in [0.25, 0.3) is 5.91 Å². The molecule has 2 aromatic carbocycles. The number of methoxy groups -OCH3 is 1. The molecule has 1 amide bonds. The number of ether oxygens (including phenoxy) is 2. The van der Waals surface area contributed by atoms with Crippen molar-refractivity contribution in [3.05, 3.63) is 95.8 Å². The van der Waals surface area contributed by atoms with Crippen molar-refractivity contribution < 1.29 is 19.1 Å². The lowest BCUT2D eigenvalue weighted by molar-refractivity contribution is -0.128. The normalized spacial score (nSPS) is 10.8. The van der Waals surface area contributed by atoms with Crippen LogP contribution in [-0.4, -0.2) is 30.2 Å². The summed E-state index contributed by atoms with van der Waals surface area (Å²) in [6, 6.07) is 17.3. The fraction of sp³-hybridized carbons (Fsp3) is 0.0435. The Kier molecular flexibility index (Phi) is 7.05. The van der Waals surface area contributed by atoms with Crippen LogP contribution in [0.4, 0.5) is 0 Å². The number of hydrogen-bond acceptors (Lipinski definition) is 6. The van der Waals surface area contributed by atoms with Crippen LogP contribution in [0.25, 0.3) is 6.08 Å². The molecule has 7 heteroatoms. The van der Waals surface area contributed by atoms with Gasteiger partial charge in [0.1, 0.15) is 11.5 Å². The van der Waals surface area contributed by atoms with Crippen LogP contribution in [0, 0.1) is 0 Å². The van der Waals surface area contributed by atoms with Crippen molar-refractivity contribution in [3.8, 4) is 11.5 Å². The third kappa shape index (κ3) is 6.13. The van der Waals surface area contributed by atoms with Crippen LogP contribution in [0.2, 0.25) is 0 Å². The van der Waals surface area contributed by atoms with E-state index in [0.29, 0.717) is 11.3 Å². The second-order valence-corrected chi connectivity index (χ2v) is 6.04. The monoisotopic (exact) mass is 401 g/mol. The molecule has 30 heavy (non-hydrogen) atoms. The van der Waals surface area contributed by atoms with Crippen molar-refractivity contribution in [2.45, 2.75) is 0 Å². The molecule has 0 aliphatic rings. The highest BCUT2D eigenvalue weighted by Crippen LogP contribution is 2.14. The number of amides is 1. The maximum atomic E-state index is 12.0. The first-order chi connectivity index (χ1) is 14.6. The number of hydrazone groups is 1. The van der Waals surface area contributed by atoms with Gasteiger partial charge < -0.3 is 9.47 Å². The van der Waals surface area contributed by atoms with Gasteiger partial charge >= 0.3 is 5.97 Å². The molecule has 3 rings (SSSR count). The number of nitrogens with one attached hydrogen (secondary N) is 1. The van der Waals surface area contributed by atoms with Crippen LogP contribution in [0.5, 0.6) is 11.5 Å². The lowest BCUT2D eigenvalue weighted by atomic mass is 10.2. The summed E-state index contributed by atoms with van der Waals surface area (Å²) in [6.07, 6.45) is 7.54. The summed E-state index contributed by atoms with van der Waals surface area (Å²) >= 11 is 0. The zero-order valence-electron chi connectivity index (χ0n) is 16.2. The van der Waals surface area contributed by atoms with Crippen LogP contribution >= 0.6 is 0 Å². The van der Waals surface area contributed by atoms with Crippen molar-refractivity contribution >= 4 is 24.2 Å². The average molecular weight is 401 g/mol. The van der Waals surface area contributed by atoms with Gasteiger partial charge in [0.2, 0.25) is 0 Å². The first-order valence-corrected chi connectivity index (χ1v) is 9.01. The average Bonchev–Trinajstić information content (AvgIpc) is 2.79. The summed E-state index contributed by atoms with van der Waals surface area (Å²) in [5.74, 6) is 0.301. The lowest BCUT2D eigenvalue weighted by Gasteiger charge is -2.02. The lowest BCUT2D eigenvalue weighted by Crippen LogP contribution is -2.17. The van der Waals surface area contributed by atoms with Crippen LogP contribution in [0.1, 0.15) is 21.5 Å². The summed E-state index contributed by atoms with van der Waals surface area (Å²) in [5.41, 5.74) is 4.42. The quantitative estimate of drug-likeness (QED) is 0.215. The van der Waals surface area contributed by atoms with Gasteiger partial charge in [0.05, 0.1) is 18.9 Å². The van der Waals surface area contributed by atoms with Gasteiger partial charge in [-0.05, 0) is 65.7 Å². The largest absolute Gasteiger partial charge is 0.497 e. The topological polar surface area (TPSA) is 89.9 Å². The summed E-state index contributed by atoms with van der Waals surface area (Å²) in [4.78, 5) is 27.7. The standard InChI is InChI=1S/C23H19N3O4/c1-29-20-9-4-17(5-10-20)8-13-22(27)30-21-11-6-18(7-12-21)15-25-26-23(28)19-3-2-14-24-16-19/h2-16H,1H3,(H,26,28)/b13-8+,25-15-.